The molecule has 3 nitrogen and oxygen atoms in total. The number of hydrogen-bond donors (Lipinski definition) is 1. The number of nitrogens with one attached hydrogen (secondary N) is 1. The Hall–Kier alpha value is -1.58. The molecule has 0 aliphatic heterocycles. The molecule has 0 heterocycles. The van der Waals surface area contributed by atoms with Crippen LogP contribution in [0.5, 0.6) is 5.75 Å². The van der Waals surface area contributed by atoms with Gasteiger partial charge in [-0.2, -0.15) is 0 Å². The van der Waals surface area contributed by atoms with Crippen LogP contribution in [0.3, 0.4) is 0 Å². The Balaban J connectivity index is 1.78. The number of rotatable bonds is 5. The molecule has 0 bridgehead atoms. The molecule has 0 atom stereocenters. The molecule has 0 unspecified atom stereocenters. The Labute approximate surface area is 125 Å². The van der Waals surface area contributed by atoms with Crippen molar-refractivity contribution in [2.45, 2.75) is 39.0 Å². The molecule has 1 amide bonds. The van der Waals surface area contributed by atoms with E-state index >= 15 is 0 Å². The van der Waals surface area contributed by atoms with E-state index in [1.807, 2.05) is 0 Å². The van der Waals surface area contributed by atoms with Gasteiger partial charge in [-0.15, -0.1) is 0 Å². The highest BCUT2D eigenvalue weighted by Crippen LogP contribution is 2.27. The van der Waals surface area contributed by atoms with Gasteiger partial charge >= 0.3 is 0 Å². The summed E-state index contributed by atoms with van der Waals surface area (Å²) in [7, 11) is 1.43. The summed E-state index contributed by atoms with van der Waals surface area (Å²) in [6.45, 7) is 3.03. The van der Waals surface area contributed by atoms with Crippen molar-refractivity contribution in [1.29, 1.82) is 0 Å². The third kappa shape index (κ3) is 4.73. The normalized spacial score (nSPS) is 21.9. The molecule has 1 aromatic carbocycles. The number of halogens is 1. The summed E-state index contributed by atoms with van der Waals surface area (Å²) in [6.07, 6.45) is 5.11. The van der Waals surface area contributed by atoms with Gasteiger partial charge in [0.1, 0.15) is 0 Å². The van der Waals surface area contributed by atoms with Gasteiger partial charge in [0.2, 0.25) is 5.91 Å². The molecule has 1 saturated carbocycles. The maximum Gasteiger partial charge on any atom is 0.224 e. The highest BCUT2D eigenvalue weighted by molar-refractivity contribution is 5.78. The molecule has 2 rings (SSSR count). The maximum atomic E-state index is 13.6. The smallest absolute Gasteiger partial charge is 0.224 e. The second kappa shape index (κ2) is 7.43. The van der Waals surface area contributed by atoms with Crippen molar-refractivity contribution in [3.8, 4) is 5.75 Å². The maximum absolute atomic E-state index is 13.6. The molecule has 4 heteroatoms. The van der Waals surface area contributed by atoms with Crippen molar-refractivity contribution < 1.29 is 13.9 Å². The van der Waals surface area contributed by atoms with Gasteiger partial charge in [-0.1, -0.05) is 25.8 Å². The zero-order valence-corrected chi connectivity index (χ0v) is 12.8. The van der Waals surface area contributed by atoms with Gasteiger partial charge in [0.25, 0.3) is 0 Å². The van der Waals surface area contributed by atoms with E-state index in [4.69, 9.17) is 4.74 Å². The Morgan fingerprint density at radius 3 is 2.67 bits per heavy atom. The first-order chi connectivity index (χ1) is 10.1. The molecule has 1 aromatic rings. The molecule has 1 fully saturated rings. The summed E-state index contributed by atoms with van der Waals surface area (Å²) in [5, 5.41) is 2.97. The van der Waals surface area contributed by atoms with E-state index in [-0.39, 0.29) is 18.1 Å². The Kier molecular flexibility index (Phi) is 5.59. The Bertz CT molecular complexity index is 482. The van der Waals surface area contributed by atoms with Crippen LogP contribution in [-0.2, 0) is 11.2 Å². The van der Waals surface area contributed by atoms with Crippen molar-refractivity contribution in [1.82, 2.24) is 5.32 Å². The fraction of sp³-hybridized carbons (Fsp3) is 0.588. The van der Waals surface area contributed by atoms with Crippen LogP contribution in [0, 0.1) is 17.7 Å². The number of benzene rings is 1. The summed E-state index contributed by atoms with van der Waals surface area (Å²) >= 11 is 0. The lowest BCUT2D eigenvalue weighted by atomic mass is 9.83. The van der Waals surface area contributed by atoms with E-state index in [0.29, 0.717) is 11.5 Å². The molecule has 1 aliphatic rings. The number of amides is 1. The van der Waals surface area contributed by atoms with Crippen LogP contribution in [0.4, 0.5) is 4.39 Å². The van der Waals surface area contributed by atoms with E-state index in [1.54, 1.807) is 12.1 Å². The molecular weight excluding hydrogens is 269 g/mol. The van der Waals surface area contributed by atoms with Crippen molar-refractivity contribution in [2.24, 2.45) is 11.8 Å². The van der Waals surface area contributed by atoms with Gasteiger partial charge in [0.05, 0.1) is 13.5 Å². The summed E-state index contributed by atoms with van der Waals surface area (Å²) < 4.78 is 18.4. The highest BCUT2D eigenvalue weighted by Gasteiger charge is 2.18. The van der Waals surface area contributed by atoms with Crippen LogP contribution in [-0.4, -0.2) is 19.6 Å². The highest BCUT2D eigenvalue weighted by atomic mass is 19.1. The van der Waals surface area contributed by atoms with Crippen LogP contribution in [0.2, 0.25) is 0 Å². The van der Waals surface area contributed by atoms with Crippen LogP contribution < -0.4 is 10.1 Å². The lowest BCUT2D eigenvalue weighted by molar-refractivity contribution is -0.120. The Morgan fingerprint density at radius 2 is 2.05 bits per heavy atom. The SMILES string of the molecule is COc1ccc(CC(=O)NCC2CCC(C)CC2)cc1F. The third-order valence-electron chi connectivity index (χ3n) is 4.30. The molecular formula is C17H24FNO2. The summed E-state index contributed by atoms with van der Waals surface area (Å²) in [5.74, 6) is 1.15. The van der Waals surface area contributed by atoms with E-state index in [1.165, 1.54) is 38.9 Å². The molecule has 0 saturated heterocycles. The lowest BCUT2D eigenvalue weighted by Crippen LogP contribution is -2.32. The van der Waals surface area contributed by atoms with Crippen molar-refractivity contribution >= 4 is 5.91 Å². The monoisotopic (exact) mass is 293 g/mol. The second-order valence-electron chi connectivity index (χ2n) is 6.08. The summed E-state index contributed by atoms with van der Waals surface area (Å²) in [4.78, 5) is 11.9. The third-order valence-corrected chi connectivity index (χ3v) is 4.30. The number of methoxy groups -OCH3 is 1. The molecule has 0 radical (unpaired) electrons. The van der Waals surface area contributed by atoms with E-state index in [2.05, 4.69) is 12.2 Å². The van der Waals surface area contributed by atoms with Crippen molar-refractivity contribution in [3.63, 3.8) is 0 Å². The van der Waals surface area contributed by atoms with Gasteiger partial charge in [-0.25, -0.2) is 4.39 Å². The molecule has 0 aromatic heterocycles. The first kappa shape index (κ1) is 15.8. The summed E-state index contributed by atoms with van der Waals surface area (Å²) in [6, 6.07) is 4.64. The minimum atomic E-state index is -0.427. The number of carbonyl (C=O) groups excluding carboxylic acids is 1. The van der Waals surface area contributed by atoms with Gasteiger partial charge in [0.15, 0.2) is 11.6 Å². The predicted octanol–water partition coefficient (Wildman–Crippen LogP) is 3.32. The minimum Gasteiger partial charge on any atom is -0.494 e. The fourth-order valence-electron chi connectivity index (χ4n) is 2.86. The van der Waals surface area contributed by atoms with Gasteiger partial charge in [-0.05, 0) is 42.4 Å². The van der Waals surface area contributed by atoms with Gasteiger partial charge in [-0.3, -0.25) is 4.79 Å². The first-order valence-corrected chi connectivity index (χ1v) is 7.67. The zero-order valence-electron chi connectivity index (χ0n) is 12.8. The standard InChI is InChI=1S/C17H24FNO2/c1-12-3-5-13(6-4-12)11-19-17(20)10-14-7-8-16(21-2)15(18)9-14/h7-9,12-13H,3-6,10-11H2,1-2H3,(H,19,20). The average Bonchev–Trinajstić information content (AvgIpc) is 2.47. The van der Waals surface area contributed by atoms with Crippen LogP contribution in [0.15, 0.2) is 18.2 Å². The van der Waals surface area contributed by atoms with Crippen LogP contribution in [0.25, 0.3) is 0 Å². The molecule has 1 aliphatic carbocycles. The second-order valence-corrected chi connectivity index (χ2v) is 6.08. The lowest BCUT2D eigenvalue weighted by Gasteiger charge is -2.26. The average molecular weight is 293 g/mol. The van der Waals surface area contributed by atoms with Crippen LogP contribution >= 0.6 is 0 Å². The number of hydrogen-bond acceptors (Lipinski definition) is 2. The van der Waals surface area contributed by atoms with E-state index < -0.39 is 5.82 Å². The largest absolute Gasteiger partial charge is 0.494 e. The molecule has 0 spiro atoms. The topological polar surface area (TPSA) is 38.3 Å². The minimum absolute atomic E-state index is 0.0433. The van der Waals surface area contributed by atoms with E-state index in [0.717, 1.165) is 12.5 Å². The quantitative estimate of drug-likeness (QED) is 0.904. The molecule has 1 N–H and O–H groups in total. The Morgan fingerprint density at radius 1 is 1.33 bits per heavy atom. The molecule has 21 heavy (non-hydrogen) atoms. The van der Waals surface area contributed by atoms with Gasteiger partial charge < -0.3 is 10.1 Å². The number of ether oxygens (including phenoxy) is 1. The number of carbonyl (C=O) groups is 1. The van der Waals surface area contributed by atoms with Crippen LogP contribution in [0.1, 0.15) is 38.2 Å². The van der Waals surface area contributed by atoms with Crippen molar-refractivity contribution in [3.05, 3.63) is 29.6 Å². The van der Waals surface area contributed by atoms with Gasteiger partial charge in [0, 0.05) is 6.54 Å². The molecule has 116 valence electrons. The predicted molar refractivity (Wildman–Crippen MR) is 80.8 cm³/mol. The summed E-state index contributed by atoms with van der Waals surface area (Å²) in [5.41, 5.74) is 0.670. The fourth-order valence-corrected chi connectivity index (χ4v) is 2.86. The zero-order chi connectivity index (χ0) is 15.2. The van der Waals surface area contributed by atoms with Crippen molar-refractivity contribution in [2.75, 3.05) is 13.7 Å². The first-order valence-electron chi connectivity index (χ1n) is 7.67. The van der Waals surface area contributed by atoms with E-state index in [9.17, 15) is 9.18 Å².